The highest BCUT2D eigenvalue weighted by molar-refractivity contribution is 5.65. The predicted octanol–water partition coefficient (Wildman–Crippen LogP) is 8.69. The lowest BCUT2D eigenvalue weighted by Crippen LogP contribution is -2.16. The third kappa shape index (κ3) is 5.00. The average Bonchev–Trinajstić information content (AvgIpc) is 2.83. The topological polar surface area (TPSA) is 0 Å². The number of halogens is 4. The Bertz CT molecular complexity index is 1110. The van der Waals surface area contributed by atoms with Gasteiger partial charge in [-0.25, -0.2) is 17.6 Å². The summed E-state index contributed by atoms with van der Waals surface area (Å²) in [5.74, 6) is -2.59. The molecular formula is C29H30F4. The Hall–Kier alpha value is -2.62. The Morgan fingerprint density at radius 3 is 2.00 bits per heavy atom. The summed E-state index contributed by atoms with van der Waals surface area (Å²) in [6, 6.07) is 14.1. The molecule has 0 bridgehead atoms. The van der Waals surface area contributed by atoms with Gasteiger partial charge in [-0.05, 0) is 86.0 Å². The van der Waals surface area contributed by atoms with Gasteiger partial charge in [0, 0.05) is 5.56 Å². The van der Waals surface area contributed by atoms with Gasteiger partial charge in [-0.15, -0.1) is 0 Å². The van der Waals surface area contributed by atoms with Gasteiger partial charge in [-0.1, -0.05) is 61.0 Å². The van der Waals surface area contributed by atoms with Crippen LogP contribution in [-0.4, -0.2) is 0 Å². The van der Waals surface area contributed by atoms with Gasteiger partial charge in [0.25, 0.3) is 0 Å². The Morgan fingerprint density at radius 2 is 1.33 bits per heavy atom. The van der Waals surface area contributed by atoms with Crippen molar-refractivity contribution in [3.63, 3.8) is 0 Å². The van der Waals surface area contributed by atoms with Gasteiger partial charge in [0.15, 0.2) is 23.3 Å². The van der Waals surface area contributed by atoms with Crippen LogP contribution in [0.3, 0.4) is 0 Å². The highest BCUT2D eigenvalue weighted by Crippen LogP contribution is 2.39. The van der Waals surface area contributed by atoms with Gasteiger partial charge in [0.1, 0.15) is 0 Å². The van der Waals surface area contributed by atoms with Crippen molar-refractivity contribution < 1.29 is 17.6 Å². The van der Waals surface area contributed by atoms with Crippen LogP contribution in [0.2, 0.25) is 0 Å². The summed E-state index contributed by atoms with van der Waals surface area (Å²) in [6.07, 6.45) is 5.04. The van der Waals surface area contributed by atoms with Crippen LogP contribution >= 0.6 is 0 Å². The molecule has 1 fully saturated rings. The fraction of sp³-hybridized carbons (Fsp3) is 0.379. The van der Waals surface area contributed by atoms with Crippen molar-refractivity contribution in [3.05, 3.63) is 94.1 Å². The van der Waals surface area contributed by atoms with Crippen LogP contribution in [0.15, 0.2) is 48.5 Å². The fourth-order valence-electron chi connectivity index (χ4n) is 5.05. The molecule has 0 nitrogen and oxygen atoms in total. The van der Waals surface area contributed by atoms with E-state index >= 15 is 0 Å². The van der Waals surface area contributed by atoms with E-state index in [0.717, 1.165) is 37.7 Å². The van der Waals surface area contributed by atoms with E-state index in [0.29, 0.717) is 41.0 Å². The van der Waals surface area contributed by atoms with Gasteiger partial charge in [-0.2, -0.15) is 0 Å². The lowest BCUT2D eigenvalue weighted by molar-refractivity contribution is 0.303. The summed E-state index contributed by atoms with van der Waals surface area (Å²) in [4.78, 5) is 0. The molecule has 1 aliphatic rings. The lowest BCUT2D eigenvalue weighted by Gasteiger charge is -2.29. The largest absolute Gasteiger partial charge is 0.203 e. The van der Waals surface area contributed by atoms with Crippen LogP contribution < -0.4 is 0 Å². The molecule has 33 heavy (non-hydrogen) atoms. The van der Waals surface area contributed by atoms with Crippen molar-refractivity contribution >= 4 is 0 Å². The van der Waals surface area contributed by atoms with Crippen LogP contribution in [0.1, 0.15) is 67.2 Å². The molecule has 0 heterocycles. The molecule has 0 aromatic heterocycles. The maximum Gasteiger partial charge on any atom is 0.166 e. The molecule has 0 atom stereocenters. The molecule has 4 heteroatoms. The number of rotatable bonds is 6. The monoisotopic (exact) mass is 454 g/mol. The lowest BCUT2D eigenvalue weighted by atomic mass is 9.76. The molecule has 0 saturated heterocycles. The first-order chi connectivity index (χ1) is 15.9. The molecule has 0 radical (unpaired) electrons. The van der Waals surface area contributed by atoms with E-state index < -0.39 is 23.3 Å². The molecule has 1 saturated carbocycles. The van der Waals surface area contributed by atoms with Crippen molar-refractivity contribution in [2.24, 2.45) is 5.92 Å². The van der Waals surface area contributed by atoms with Crippen LogP contribution in [0.5, 0.6) is 0 Å². The highest BCUT2D eigenvalue weighted by Gasteiger charge is 2.26. The van der Waals surface area contributed by atoms with Crippen LogP contribution in [0.25, 0.3) is 11.1 Å². The van der Waals surface area contributed by atoms with Crippen molar-refractivity contribution in [1.82, 2.24) is 0 Å². The molecular weight excluding hydrogens is 424 g/mol. The molecule has 0 amide bonds. The number of benzene rings is 3. The third-order valence-electron chi connectivity index (χ3n) is 7.21. The predicted molar refractivity (Wildman–Crippen MR) is 125 cm³/mol. The van der Waals surface area contributed by atoms with E-state index in [-0.39, 0.29) is 11.5 Å². The maximum atomic E-state index is 14.8. The van der Waals surface area contributed by atoms with Crippen molar-refractivity contribution in [2.45, 2.75) is 64.7 Å². The Kier molecular flexibility index (Phi) is 7.21. The summed E-state index contributed by atoms with van der Waals surface area (Å²) < 4.78 is 58.2. The van der Waals surface area contributed by atoms with Gasteiger partial charge in [0.05, 0.1) is 0 Å². The Labute approximate surface area is 193 Å². The standard InChI is InChI=1S/C29H30F4/c1-3-20-14-16-24(28(32)26(20)30)22-11-6-19(7-12-22)8-13-23-15-17-25(29(33)27(23)31)21-9-4-18(2)5-10-21/h4-5,9-10,14-17,19,22H,3,6-8,11-13H2,1-2H3. The summed E-state index contributed by atoms with van der Waals surface area (Å²) in [6.45, 7) is 3.77. The summed E-state index contributed by atoms with van der Waals surface area (Å²) in [5, 5.41) is 0. The highest BCUT2D eigenvalue weighted by atomic mass is 19.2. The maximum absolute atomic E-state index is 14.8. The Morgan fingerprint density at radius 1 is 0.697 bits per heavy atom. The number of hydrogen-bond donors (Lipinski definition) is 0. The molecule has 4 rings (SSSR count). The van der Waals surface area contributed by atoms with E-state index in [2.05, 4.69) is 0 Å². The fourth-order valence-corrected chi connectivity index (χ4v) is 5.05. The zero-order valence-corrected chi connectivity index (χ0v) is 19.2. The molecule has 0 unspecified atom stereocenters. The van der Waals surface area contributed by atoms with Crippen LogP contribution in [0.4, 0.5) is 17.6 Å². The van der Waals surface area contributed by atoms with E-state index in [1.54, 1.807) is 36.4 Å². The second-order valence-electron chi connectivity index (χ2n) is 9.32. The summed E-state index contributed by atoms with van der Waals surface area (Å²) in [5.41, 5.74) is 3.29. The minimum Gasteiger partial charge on any atom is -0.203 e. The zero-order chi connectivity index (χ0) is 23.5. The molecule has 0 aliphatic heterocycles. The number of aryl methyl sites for hydroxylation is 3. The smallest absolute Gasteiger partial charge is 0.166 e. The first-order valence-corrected chi connectivity index (χ1v) is 11.9. The minimum atomic E-state index is -0.798. The van der Waals surface area contributed by atoms with Crippen molar-refractivity contribution in [1.29, 1.82) is 0 Å². The quantitative estimate of drug-likeness (QED) is 0.327. The van der Waals surface area contributed by atoms with Crippen LogP contribution in [0, 0.1) is 36.1 Å². The van der Waals surface area contributed by atoms with E-state index in [9.17, 15) is 17.6 Å². The normalized spacial score (nSPS) is 18.5. The molecule has 3 aromatic rings. The zero-order valence-electron chi connectivity index (χ0n) is 19.2. The van der Waals surface area contributed by atoms with Gasteiger partial charge in [0.2, 0.25) is 0 Å². The molecule has 1 aliphatic carbocycles. The summed E-state index contributed by atoms with van der Waals surface area (Å²) >= 11 is 0. The van der Waals surface area contributed by atoms with Gasteiger partial charge < -0.3 is 0 Å². The van der Waals surface area contributed by atoms with E-state index in [1.165, 1.54) is 0 Å². The third-order valence-corrected chi connectivity index (χ3v) is 7.21. The second-order valence-corrected chi connectivity index (χ2v) is 9.32. The SMILES string of the molecule is CCc1ccc(C2CCC(CCc3ccc(-c4ccc(C)cc4)c(F)c3F)CC2)c(F)c1F. The second kappa shape index (κ2) is 10.1. The Balaban J connectivity index is 1.37. The van der Waals surface area contributed by atoms with Gasteiger partial charge in [-0.3, -0.25) is 0 Å². The van der Waals surface area contributed by atoms with Crippen LogP contribution in [-0.2, 0) is 12.8 Å². The van der Waals surface area contributed by atoms with E-state index in [1.807, 2.05) is 26.0 Å². The number of hydrogen-bond acceptors (Lipinski definition) is 0. The molecule has 0 spiro atoms. The van der Waals surface area contributed by atoms with Crippen molar-refractivity contribution in [3.8, 4) is 11.1 Å². The first-order valence-electron chi connectivity index (χ1n) is 11.9. The van der Waals surface area contributed by atoms with Gasteiger partial charge >= 0.3 is 0 Å². The molecule has 174 valence electrons. The molecule has 3 aromatic carbocycles. The summed E-state index contributed by atoms with van der Waals surface area (Å²) in [7, 11) is 0. The first kappa shape index (κ1) is 23.5. The minimum absolute atomic E-state index is 0.0182. The van der Waals surface area contributed by atoms with Crippen molar-refractivity contribution in [2.75, 3.05) is 0 Å². The average molecular weight is 455 g/mol. The van der Waals surface area contributed by atoms with E-state index in [4.69, 9.17) is 0 Å². The molecule has 0 N–H and O–H groups in total.